The number of amides is 3. The number of rotatable bonds is 4. The van der Waals surface area contributed by atoms with Crippen LogP contribution in [0.1, 0.15) is 0 Å². The van der Waals surface area contributed by atoms with Crippen LogP contribution in [0.4, 0.5) is 4.79 Å². The highest BCUT2D eigenvalue weighted by molar-refractivity contribution is 7.99. The highest BCUT2D eigenvalue weighted by Gasteiger charge is 2.49. The van der Waals surface area contributed by atoms with Crippen LogP contribution in [-0.4, -0.2) is 100 Å². The van der Waals surface area contributed by atoms with Gasteiger partial charge in [0.25, 0.3) is 5.91 Å². The zero-order chi connectivity index (χ0) is 18.8. The number of guanidine groups is 1. The van der Waals surface area contributed by atoms with Gasteiger partial charge in [0.2, 0.25) is 0 Å². The molecule has 1 aromatic rings. The van der Waals surface area contributed by atoms with Crippen LogP contribution in [0, 0.1) is 0 Å². The molecule has 0 radical (unpaired) electrons. The van der Waals surface area contributed by atoms with Gasteiger partial charge in [0.1, 0.15) is 0 Å². The molecule has 11 heteroatoms. The van der Waals surface area contributed by atoms with Gasteiger partial charge in [-0.2, -0.15) is 0 Å². The molecule has 2 unspecified atom stereocenters. The Kier molecular flexibility index (Phi) is 5.12. The van der Waals surface area contributed by atoms with Crippen molar-refractivity contribution in [2.24, 2.45) is 4.99 Å². The first-order chi connectivity index (χ1) is 13.1. The molecule has 2 saturated heterocycles. The van der Waals surface area contributed by atoms with Crippen molar-refractivity contribution < 1.29 is 14.3 Å². The van der Waals surface area contributed by atoms with Gasteiger partial charge in [0.15, 0.2) is 23.3 Å². The fourth-order valence-corrected chi connectivity index (χ4v) is 4.11. The van der Waals surface area contributed by atoms with Crippen LogP contribution in [-0.2, 0) is 9.53 Å². The number of likely N-dealkylation sites (N-methyl/N-ethyl adjacent to an activating group) is 1. The molecule has 0 bridgehead atoms. The molecular formula is C16H21N7O3S. The fraction of sp³-hybridized carbons (Fsp3) is 0.562. The second-order valence-corrected chi connectivity index (χ2v) is 7.43. The summed E-state index contributed by atoms with van der Waals surface area (Å²) in [4.78, 5) is 43.3. The summed E-state index contributed by atoms with van der Waals surface area (Å²) in [6, 6.07) is 0.834. The van der Waals surface area contributed by atoms with Gasteiger partial charge in [-0.15, -0.1) is 0 Å². The van der Waals surface area contributed by atoms with E-state index < -0.39 is 18.2 Å². The Labute approximate surface area is 161 Å². The van der Waals surface area contributed by atoms with Gasteiger partial charge in [0, 0.05) is 44.8 Å². The van der Waals surface area contributed by atoms with Gasteiger partial charge in [-0.1, -0.05) is 11.8 Å². The van der Waals surface area contributed by atoms with Crippen molar-refractivity contribution in [1.29, 1.82) is 0 Å². The molecule has 27 heavy (non-hydrogen) atoms. The van der Waals surface area contributed by atoms with Gasteiger partial charge in [-0.25, -0.2) is 19.8 Å². The number of aromatic nitrogens is 2. The first-order valence-corrected chi connectivity index (χ1v) is 9.78. The van der Waals surface area contributed by atoms with E-state index in [4.69, 9.17) is 9.73 Å². The largest absolute Gasteiger partial charge is 0.378 e. The van der Waals surface area contributed by atoms with Crippen molar-refractivity contribution in [2.45, 2.75) is 17.4 Å². The molecule has 0 spiro atoms. The summed E-state index contributed by atoms with van der Waals surface area (Å²) in [6.07, 6.45) is 2.90. The maximum atomic E-state index is 12.6. The number of hydrogen-bond donors (Lipinski definition) is 1. The molecule has 0 saturated carbocycles. The number of imide groups is 1. The molecule has 3 amide bonds. The molecule has 144 valence electrons. The number of morpholine rings is 1. The molecule has 1 aromatic heterocycles. The minimum Gasteiger partial charge on any atom is -0.378 e. The van der Waals surface area contributed by atoms with Gasteiger partial charge in [-0.05, 0) is 6.07 Å². The van der Waals surface area contributed by atoms with Gasteiger partial charge in [0.05, 0.1) is 13.2 Å². The summed E-state index contributed by atoms with van der Waals surface area (Å²) >= 11 is 1.52. The number of aliphatic imine (C=N–C) groups is 1. The lowest BCUT2D eigenvalue weighted by Gasteiger charge is -2.38. The van der Waals surface area contributed by atoms with Crippen molar-refractivity contribution in [1.82, 2.24) is 30.0 Å². The molecule has 2 atom stereocenters. The monoisotopic (exact) mass is 391 g/mol. The lowest BCUT2D eigenvalue weighted by atomic mass is 10.1. The predicted octanol–water partition coefficient (Wildman–Crippen LogP) is -0.551. The van der Waals surface area contributed by atoms with Gasteiger partial charge >= 0.3 is 6.03 Å². The van der Waals surface area contributed by atoms with E-state index in [1.165, 1.54) is 16.7 Å². The number of carbonyl (C=O) groups is 2. The maximum absolute atomic E-state index is 12.6. The normalized spacial score (nSPS) is 25.4. The Morgan fingerprint density at radius 3 is 2.74 bits per heavy atom. The molecule has 3 aliphatic rings. The number of thioether (sulfide) groups is 1. The third-order valence-corrected chi connectivity index (χ3v) is 5.59. The molecule has 10 nitrogen and oxygen atoms in total. The highest BCUT2D eigenvalue weighted by Crippen LogP contribution is 2.26. The molecule has 0 aliphatic carbocycles. The Balaban J connectivity index is 1.52. The van der Waals surface area contributed by atoms with Crippen LogP contribution in [0.2, 0.25) is 0 Å². The Morgan fingerprint density at radius 1 is 1.26 bits per heavy atom. The molecule has 1 N–H and O–H groups in total. The average molecular weight is 391 g/mol. The standard InChI is InChI=1S/C16H21N7O3S/c1-21-12-11(13(24)20-16(21)25)23(7-10-27-14-17-3-2-4-18-14)15(19-12)22-5-8-26-9-6-22/h2-4,11-12H,5-10H2,1H3,(H,20,24,25). The van der Waals surface area contributed by atoms with Crippen molar-refractivity contribution in [3.8, 4) is 0 Å². The summed E-state index contributed by atoms with van der Waals surface area (Å²) in [5.74, 6) is 1.14. The number of carbonyl (C=O) groups excluding carboxylic acids is 2. The third-order valence-electron chi connectivity index (χ3n) is 4.74. The summed E-state index contributed by atoms with van der Waals surface area (Å²) < 4.78 is 5.43. The zero-order valence-corrected chi connectivity index (χ0v) is 15.8. The lowest BCUT2D eigenvalue weighted by Crippen LogP contribution is -2.64. The van der Waals surface area contributed by atoms with Gasteiger partial charge < -0.3 is 19.4 Å². The maximum Gasteiger partial charge on any atom is 0.325 e. The second-order valence-electron chi connectivity index (χ2n) is 6.37. The summed E-state index contributed by atoms with van der Waals surface area (Å²) in [5.41, 5.74) is 0. The summed E-state index contributed by atoms with van der Waals surface area (Å²) in [6.45, 7) is 3.26. The number of hydrogen-bond acceptors (Lipinski definition) is 9. The van der Waals surface area contributed by atoms with Crippen LogP contribution in [0.3, 0.4) is 0 Å². The summed E-state index contributed by atoms with van der Waals surface area (Å²) in [7, 11) is 1.66. The van der Waals surface area contributed by atoms with Crippen molar-refractivity contribution in [2.75, 3.05) is 45.6 Å². The van der Waals surface area contributed by atoms with Crippen LogP contribution in [0.5, 0.6) is 0 Å². The van der Waals surface area contributed by atoms with Gasteiger partial charge in [-0.3, -0.25) is 10.1 Å². The van der Waals surface area contributed by atoms with Crippen LogP contribution >= 0.6 is 11.8 Å². The number of nitrogens with one attached hydrogen (secondary N) is 1. The predicted molar refractivity (Wildman–Crippen MR) is 98.2 cm³/mol. The lowest BCUT2D eigenvalue weighted by molar-refractivity contribution is -0.127. The summed E-state index contributed by atoms with van der Waals surface area (Å²) in [5, 5.41) is 3.11. The van der Waals surface area contributed by atoms with E-state index in [9.17, 15) is 9.59 Å². The Bertz CT molecular complexity index is 741. The quantitative estimate of drug-likeness (QED) is 0.539. The Hall–Kier alpha value is -2.40. The number of urea groups is 1. The minimum absolute atomic E-state index is 0.309. The molecule has 4 rings (SSSR count). The van der Waals surface area contributed by atoms with E-state index in [2.05, 4.69) is 20.2 Å². The van der Waals surface area contributed by atoms with E-state index in [0.717, 1.165) is 5.96 Å². The topological polar surface area (TPSA) is 103 Å². The highest BCUT2D eigenvalue weighted by atomic mass is 32.2. The van der Waals surface area contributed by atoms with Crippen LogP contribution < -0.4 is 5.32 Å². The number of nitrogens with zero attached hydrogens (tertiary/aromatic N) is 6. The molecule has 0 aromatic carbocycles. The smallest absolute Gasteiger partial charge is 0.325 e. The Morgan fingerprint density at radius 2 is 2.00 bits per heavy atom. The molecule has 3 aliphatic heterocycles. The number of fused-ring (bicyclic) bond motifs is 1. The molecule has 4 heterocycles. The number of ether oxygens (including phenoxy) is 1. The van der Waals surface area contributed by atoms with E-state index in [1.807, 2.05) is 4.90 Å². The van der Waals surface area contributed by atoms with E-state index in [1.54, 1.807) is 25.5 Å². The van der Waals surface area contributed by atoms with Crippen LogP contribution in [0.15, 0.2) is 28.6 Å². The molecule has 2 fully saturated rings. The van der Waals surface area contributed by atoms with Crippen LogP contribution in [0.25, 0.3) is 0 Å². The SMILES string of the molecule is CN1C(=O)NC(=O)C2C1N=C(N1CCOCC1)N2CCSc1ncccn1. The fourth-order valence-electron chi connectivity index (χ4n) is 3.37. The first-order valence-electron chi connectivity index (χ1n) is 8.80. The van der Waals surface area contributed by atoms with E-state index >= 15 is 0 Å². The van der Waals surface area contributed by atoms with Crippen molar-refractivity contribution in [3.05, 3.63) is 18.5 Å². The zero-order valence-electron chi connectivity index (χ0n) is 14.9. The van der Waals surface area contributed by atoms with E-state index in [-0.39, 0.29) is 5.91 Å². The molecular weight excluding hydrogens is 370 g/mol. The average Bonchev–Trinajstić information content (AvgIpc) is 3.08. The third kappa shape index (κ3) is 3.56. The van der Waals surface area contributed by atoms with Crippen molar-refractivity contribution in [3.63, 3.8) is 0 Å². The second kappa shape index (κ2) is 7.69. The first kappa shape index (κ1) is 18.0. The van der Waals surface area contributed by atoms with E-state index in [0.29, 0.717) is 43.8 Å². The minimum atomic E-state index is -0.525. The van der Waals surface area contributed by atoms with Crippen molar-refractivity contribution >= 4 is 29.7 Å².